The molecule has 0 heterocycles. The monoisotopic (exact) mass is 401 g/mol. The molecule has 0 amide bonds. The molecule has 0 aliphatic carbocycles. The molecule has 1 N–H and O–H groups in total. The molecule has 5 heteroatoms. The van der Waals surface area contributed by atoms with E-state index in [9.17, 15) is 0 Å². The van der Waals surface area contributed by atoms with Crippen LogP contribution in [0.3, 0.4) is 0 Å². The number of unbranched alkanes of at least 4 members (excludes halogenated alkanes) is 1. The van der Waals surface area contributed by atoms with Crippen molar-refractivity contribution >= 4 is 15.9 Å². The molecule has 0 saturated heterocycles. The number of nitrogens with one attached hydrogen (secondary N) is 1. The fourth-order valence-electron chi connectivity index (χ4n) is 2.18. The molecule has 1 aromatic rings. The van der Waals surface area contributed by atoms with Crippen LogP contribution in [0.2, 0.25) is 0 Å². The van der Waals surface area contributed by atoms with Crippen molar-refractivity contribution in [2.75, 3.05) is 33.0 Å². The highest BCUT2D eigenvalue weighted by atomic mass is 79.9. The quantitative estimate of drug-likeness (QED) is 0.448. The fourth-order valence-corrected chi connectivity index (χ4v) is 2.64. The van der Waals surface area contributed by atoms with E-state index >= 15 is 0 Å². The molecule has 4 nitrogen and oxygen atoms in total. The molecule has 0 aliphatic rings. The van der Waals surface area contributed by atoms with Gasteiger partial charge in [-0.1, -0.05) is 36.2 Å². The Bertz CT molecular complexity index is 454. The maximum atomic E-state index is 5.77. The number of halogens is 1. The summed E-state index contributed by atoms with van der Waals surface area (Å²) in [6.07, 6.45) is 4.34. The van der Waals surface area contributed by atoms with Crippen molar-refractivity contribution in [2.45, 2.75) is 53.0 Å². The summed E-state index contributed by atoms with van der Waals surface area (Å²) < 4.78 is 18.1. The summed E-state index contributed by atoms with van der Waals surface area (Å²) in [5.74, 6) is 1.62. The van der Waals surface area contributed by atoms with Gasteiger partial charge in [-0.15, -0.1) is 0 Å². The maximum Gasteiger partial charge on any atom is 0.162 e. The van der Waals surface area contributed by atoms with Gasteiger partial charge in [-0.2, -0.15) is 0 Å². The number of ether oxygens (including phenoxy) is 3. The van der Waals surface area contributed by atoms with Gasteiger partial charge in [-0.25, -0.2) is 0 Å². The average molecular weight is 402 g/mol. The van der Waals surface area contributed by atoms with Crippen molar-refractivity contribution in [3.63, 3.8) is 0 Å². The minimum absolute atomic E-state index is 0.631. The number of benzene rings is 1. The summed E-state index contributed by atoms with van der Waals surface area (Å²) in [5, 5.41) is 3.46. The van der Waals surface area contributed by atoms with Crippen LogP contribution in [0.1, 0.15) is 52.0 Å². The minimum Gasteiger partial charge on any atom is -0.490 e. The molecule has 0 spiro atoms. The minimum atomic E-state index is 0.631. The van der Waals surface area contributed by atoms with Gasteiger partial charge in [0.15, 0.2) is 11.5 Å². The molecule has 0 unspecified atom stereocenters. The fraction of sp³-hybridized carbons (Fsp3) is 0.684. The Balaban J connectivity index is 2.45. The molecule has 24 heavy (non-hydrogen) atoms. The van der Waals surface area contributed by atoms with Gasteiger partial charge in [-0.3, -0.25) is 0 Å². The molecular formula is C19H32BrNO3. The van der Waals surface area contributed by atoms with Crippen molar-refractivity contribution in [2.24, 2.45) is 0 Å². The second kappa shape index (κ2) is 13.5. The second-order valence-corrected chi connectivity index (χ2v) is 6.52. The second-order valence-electron chi connectivity index (χ2n) is 5.67. The third kappa shape index (κ3) is 8.36. The van der Waals surface area contributed by atoms with Crippen LogP contribution >= 0.6 is 15.9 Å². The van der Waals surface area contributed by atoms with E-state index in [1.54, 1.807) is 0 Å². The number of hydrogen-bond acceptors (Lipinski definition) is 4. The van der Waals surface area contributed by atoms with Gasteiger partial charge < -0.3 is 19.5 Å². The van der Waals surface area contributed by atoms with Gasteiger partial charge in [-0.05, 0) is 50.4 Å². The summed E-state index contributed by atoms with van der Waals surface area (Å²) in [5.41, 5.74) is 1.18. The van der Waals surface area contributed by atoms with Gasteiger partial charge in [0.2, 0.25) is 0 Å². The molecule has 138 valence electrons. The predicted molar refractivity (Wildman–Crippen MR) is 103 cm³/mol. The van der Waals surface area contributed by atoms with Crippen LogP contribution in [0, 0.1) is 0 Å². The number of hydrogen-bond donors (Lipinski definition) is 1. The largest absolute Gasteiger partial charge is 0.490 e. The Kier molecular flexibility index (Phi) is 12.0. The van der Waals surface area contributed by atoms with Crippen molar-refractivity contribution in [1.82, 2.24) is 5.32 Å². The van der Waals surface area contributed by atoms with Gasteiger partial charge in [0.25, 0.3) is 0 Å². The predicted octanol–water partition coefficient (Wildman–Crippen LogP) is 4.93. The normalized spacial score (nSPS) is 10.8. The van der Waals surface area contributed by atoms with Gasteiger partial charge in [0.05, 0.1) is 13.2 Å². The van der Waals surface area contributed by atoms with Gasteiger partial charge >= 0.3 is 0 Å². The van der Waals surface area contributed by atoms with Crippen molar-refractivity contribution in [3.8, 4) is 11.5 Å². The zero-order valence-corrected chi connectivity index (χ0v) is 16.9. The summed E-state index contributed by atoms with van der Waals surface area (Å²) in [4.78, 5) is 0. The third-order valence-corrected chi connectivity index (χ3v) is 4.21. The van der Waals surface area contributed by atoms with Crippen LogP contribution in [0.15, 0.2) is 16.6 Å². The van der Waals surface area contributed by atoms with E-state index in [0.29, 0.717) is 13.2 Å². The first kappa shape index (κ1) is 21.3. The van der Waals surface area contributed by atoms with Crippen LogP contribution in [0.25, 0.3) is 0 Å². The van der Waals surface area contributed by atoms with Crippen LogP contribution in [0.4, 0.5) is 0 Å². The van der Waals surface area contributed by atoms with Crippen LogP contribution < -0.4 is 14.8 Å². The van der Waals surface area contributed by atoms with E-state index in [1.165, 1.54) is 12.0 Å². The highest BCUT2D eigenvalue weighted by molar-refractivity contribution is 9.10. The Labute approximate surface area is 155 Å². The van der Waals surface area contributed by atoms with Gasteiger partial charge in [0.1, 0.15) is 0 Å². The zero-order valence-electron chi connectivity index (χ0n) is 15.3. The van der Waals surface area contributed by atoms with E-state index < -0.39 is 0 Å². The third-order valence-electron chi connectivity index (χ3n) is 3.47. The molecule has 0 saturated carbocycles. The first-order valence-electron chi connectivity index (χ1n) is 9.09. The molecular weight excluding hydrogens is 370 g/mol. The molecule has 0 radical (unpaired) electrons. The molecule has 0 bridgehead atoms. The lowest BCUT2D eigenvalue weighted by atomic mass is 10.2. The van der Waals surface area contributed by atoms with E-state index in [-0.39, 0.29) is 0 Å². The van der Waals surface area contributed by atoms with E-state index in [2.05, 4.69) is 41.2 Å². The highest BCUT2D eigenvalue weighted by Crippen LogP contribution is 2.34. The highest BCUT2D eigenvalue weighted by Gasteiger charge is 2.10. The van der Waals surface area contributed by atoms with Crippen LogP contribution in [0.5, 0.6) is 11.5 Å². The van der Waals surface area contributed by atoms with E-state index in [0.717, 1.165) is 61.5 Å². The number of rotatable bonds is 14. The lowest BCUT2D eigenvalue weighted by molar-refractivity contribution is 0.128. The lowest BCUT2D eigenvalue weighted by Gasteiger charge is -2.15. The molecule has 1 aromatic carbocycles. The summed E-state index contributed by atoms with van der Waals surface area (Å²) in [6, 6.07) is 4.06. The maximum absolute atomic E-state index is 5.77. The van der Waals surface area contributed by atoms with Crippen LogP contribution in [-0.4, -0.2) is 33.0 Å². The SMILES string of the molecule is CCCCOCCCNCc1cc(OCC)c(OCCC)cc1Br. The average Bonchev–Trinajstić information content (AvgIpc) is 2.58. The van der Waals surface area contributed by atoms with Crippen molar-refractivity contribution in [3.05, 3.63) is 22.2 Å². The summed E-state index contributed by atoms with van der Waals surface area (Å²) in [7, 11) is 0. The van der Waals surface area contributed by atoms with E-state index in [1.807, 2.05) is 13.0 Å². The van der Waals surface area contributed by atoms with Crippen molar-refractivity contribution in [1.29, 1.82) is 0 Å². The Morgan fingerprint density at radius 3 is 2.38 bits per heavy atom. The molecule has 0 atom stereocenters. The lowest BCUT2D eigenvalue weighted by Crippen LogP contribution is -2.17. The molecule has 0 aliphatic heterocycles. The Hall–Kier alpha value is -0.780. The molecule has 1 rings (SSSR count). The standard InChI is InChI=1S/C19H32BrNO3/c1-4-7-11-22-12-8-9-21-15-16-13-18(23-6-3)19(14-17(16)20)24-10-5-2/h13-14,21H,4-12,15H2,1-3H3. The first-order chi connectivity index (χ1) is 11.7. The zero-order chi connectivity index (χ0) is 17.6. The Morgan fingerprint density at radius 1 is 0.917 bits per heavy atom. The van der Waals surface area contributed by atoms with Crippen LogP contribution in [-0.2, 0) is 11.3 Å². The topological polar surface area (TPSA) is 39.7 Å². The summed E-state index contributed by atoms with van der Waals surface area (Å²) in [6.45, 7) is 11.0. The van der Waals surface area contributed by atoms with E-state index in [4.69, 9.17) is 14.2 Å². The first-order valence-corrected chi connectivity index (χ1v) is 9.88. The summed E-state index contributed by atoms with van der Waals surface area (Å²) >= 11 is 3.64. The molecule has 0 fully saturated rings. The van der Waals surface area contributed by atoms with Crippen molar-refractivity contribution < 1.29 is 14.2 Å². The molecule has 0 aromatic heterocycles. The van der Waals surface area contributed by atoms with Gasteiger partial charge in [0, 0.05) is 24.2 Å². The smallest absolute Gasteiger partial charge is 0.162 e. The Morgan fingerprint density at radius 2 is 1.67 bits per heavy atom.